The summed E-state index contributed by atoms with van der Waals surface area (Å²) in [4.78, 5) is 18.0. The van der Waals surface area contributed by atoms with Crippen LogP contribution >= 0.6 is 0 Å². The smallest absolute Gasteiger partial charge is 0.336 e. The third-order valence-electron chi connectivity index (χ3n) is 1.65. The Morgan fingerprint density at radius 2 is 2.31 bits per heavy atom. The van der Waals surface area contributed by atoms with E-state index in [0.29, 0.717) is 0 Å². The average molecular weight is 179 g/mol. The summed E-state index contributed by atoms with van der Waals surface area (Å²) in [7, 11) is 0. The van der Waals surface area contributed by atoms with Gasteiger partial charge in [-0.1, -0.05) is 0 Å². The maximum absolute atomic E-state index is 10.6. The minimum atomic E-state index is -1.10. The molecular weight excluding hydrogens is 174 g/mol. The largest absolute Gasteiger partial charge is 0.479 e. The lowest BCUT2D eigenvalue weighted by Gasteiger charge is -2.00. The maximum atomic E-state index is 10.6. The number of aromatic nitrogens is 2. The molecule has 0 amide bonds. The first-order valence-corrected chi connectivity index (χ1v) is 3.44. The van der Waals surface area contributed by atoms with Crippen LogP contribution in [0.5, 0.6) is 0 Å². The van der Waals surface area contributed by atoms with Crippen molar-refractivity contribution in [1.29, 1.82) is 0 Å². The zero-order chi connectivity index (χ0) is 9.42. The molecular formula is C6H5N5O2. The minimum absolute atomic E-state index is 0.150. The van der Waals surface area contributed by atoms with Crippen molar-refractivity contribution in [2.45, 2.75) is 6.04 Å². The van der Waals surface area contributed by atoms with Crippen LogP contribution in [0.3, 0.4) is 0 Å². The van der Waals surface area contributed by atoms with Gasteiger partial charge >= 0.3 is 5.97 Å². The Bertz CT molecular complexity index is 402. The zero-order valence-corrected chi connectivity index (χ0v) is 6.38. The van der Waals surface area contributed by atoms with Crippen molar-refractivity contribution in [3.63, 3.8) is 0 Å². The predicted octanol–water partition coefficient (Wildman–Crippen LogP) is 0.282. The summed E-state index contributed by atoms with van der Waals surface area (Å²) in [6.07, 6.45) is 1.19. The van der Waals surface area contributed by atoms with Crippen molar-refractivity contribution in [3.8, 4) is 0 Å². The number of nitrogen functional groups attached to an aromatic ring is 1. The van der Waals surface area contributed by atoms with E-state index in [0.717, 1.165) is 0 Å². The molecule has 1 aromatic rings. The first-order valence-electron chi connectivity index (χ1n) is 3.44. The van der Waals surface area contributed by atoms with Gasteiger partial charge in [0.2, 0.25) is 6.04 Å². The molecule has 1 aromatic heterocycles. The number of carboxylic acids is 1. The molecule has 7 nitrogen and oxygen atoms in total. The lowest BCUT2D eigenvalue weighted by molar-refractivity contribution is -0.138. The van der Waals surface area contributed by atoms with E-state index in [4.69, 9.17) is 10.8 Å². The number of azo groups is 1. The highest BCUT2D eigenvalue weighted by atomic mass is 16.4. The van der Waals surface area contributed by atoms with Crippen molar-refractivity contribution in [3.05, 3.63) is 12.0 Å². The lowest BCUT2D eigenvalue weighted by atomic mass is 10.2. The Morgan fingerprint density at radius 3 is 3.00 bits per heavy atom. The standard InChI is InChI=1S/C6H5N5O2/c7-5-3-2(8-1-9-5)4(6(12)13)11-10-3/h1,4H,(H,12,13)(H2,7,8,9)/t4-/m1/s1. The van der Waals surface area contributed by atoms with E-state index in [1.807, 2.05) is 0 Å². The van der Waals surface area contributed by atoms with Gasteiger partial charge in [-0.05, 0) is 0 Å². The van der Waals surface area contributed by atoms with Gasteiger partial charge in [-0.3, -0.25) is 0 Å². The highest BCUT2D eigenvalue weighted by Crippen LogP contribution is 2.36. The molecule has 7 heteroatoms. The summed E-state index contributed by atoms with van der Waals surface area (Å²) in [6, 6.07) is -1.04. The van der Waals surface area contributed by atoms with E-state index < -0.39 is 12.0 Å². The van der Waals surface area contributed by atoms with Gasteiger partial charge in [0, 0.05) is 0 Å². The summed E-state index contributed by atoms with van der Waals surface area (Å²) in [5, 5.41) is 15.8. The van der Waals surface area contributed by atoms with Gasteiger partial charge in [-0.2, -0.15) is 5.11 Å². The number of fused-ring (bicyclic) bond motifs is 1. The second-order valence-electron chi connectivity index (χ2n) is 2.45. The van der Waals surface area contributed by atoms with Crippen molar-refractivity contribution in [2.75, 3.05) is 5.73 Å². The molecule has 2 heterocycles. The van der Waals surface area contributed by atoms with Gasteiger partial charge < -0.3 is 10.8 Å². The Labute approximate surface area is 72.3 Å². The van der Waals surface area contributed by atoms with E-state index in [9.17, 15) is 4.79 Å². The topological polar surface area (TPSA) is 114 Å². The quantitative estimate of drug-likeness (QED) is 0.642. The summed E-state index contributed by atoms with van der Waals surface area (Å²) in [5.41, 5.74) is 5.95. The number of hydrogen-bond acceptors (Lipinski definition) is 6. The number of nitrogens with two attached hydrogens (primary N) is 1. The molecule has 66 valence electrons. The fourth-order valence-corrected chi connectivity index (χ4v) is 1.05. The SMILES string of the molecule is Nc1ncnc2c1N=N[C@H]2C(=O)O. The molecule has 13 heavy (non-hydrogen) atoms. The zero-order valence-electron chi connectivity index (χ0n) is 6.38. The molecule has 0 aliphatic carbocycles. The van der Waals surface area contributed by atoms with Crippen LogP contribution in [0.4, 0.5) is 11.5 Å². The lowest BCUT2D eigenvalue weighted by Crippen LogP contribution is -2.08. The van der Waals surface area contributed by atoms with Crippen LogP contribution in [0, 0.1) is 0 Å². The van der Waals surface area contributed by atoms with Gasteiger partial charge in [-0.15, -0.1) is 5.11 Å². The number of nitrogens with zero attached hydrogens (tertiary/aromatic N) is 4. The molecule has 2 rings (SSSR count). The van der Waals surface area contributed by atoms with E-state index in [1.54, 1.807) is 0 Å². The Kier molecular flexibility index (Phi) is 1.44. The minimum Gasteiger partial charge on any atom is -0.479 e. The van der Waals surface area contributed by atoms with Crippen LogP contribution in [-0.2, 0) is 4.79 Å². The third-order valence-corrected chi connectivity index (χ3v) is 1.65. The van der Waals surface area contributed by atoms with Crippen LogP contribution in [0.1, 0.15) is 11.7 Å². The summed E-state index contributed by atoms with van der Waals surface area (Å²) < 4.78 is 0. The average Bonchev–Trinajstić information content (AvgIpc) is 2.48. The molecule has 0 fully saturated rings. The Hall–Kier alpha value is -2.05. The second kappa shape index (κ2) is 2.47. The van der Waals surface area contributed by atoms with Gasteiger partial charge in [0.25, 0.3) is 0 Å². The second-order valence-corrected chi connectivity index (χ2v) is 2.45. The molecule has 1 aliphatic heterocycles. The van der Waals surface area contributed by atoms with E-state index in [1.165, 1.54) is 6.33 Å². The normalized spacial score (nSPS) is 18.6. The van der Waals surface area contributed by atoms with Crippen LogP contribution in [0.2, 0.25) is 0 Å². The van der Waals surface area contributed by atoms with Crippen LogP contribution in [-0.4, -0.2) is 21.0 Å². The van der Waals surface area contributed by atoms with Crippen molar-refractivity contribution in [2.24, 2.45) is 10.2 Å². The molecule has 1 aliphatic rings. The molecule has 0 saturated heterocycles. The van der Waals surface area contributed by atoms with Crippen molar-refractivity contribution in [1.82, 2.24) is 9.97 Å². The Morgan fingerprint density at radius 1 is 1.54 bits per heavy atom. The van der Waals surface area contributed by atoms with Crippen LogP contribution in [0.15, 0.2) is 16.6 Å². The summed E-state index contributed by atoms with van der Waals surface area (Å²) in [6.45, 7) is 0. The Balaban J connectivity index is 2.55. The predicted molar refractivity (Wildman–Crippen MR) is 41.3 cm³/mol. The number of rotatable bonds is 1. The number of anilines is 1. The van der Waals surface area contributed by atoms with Crippen LogP contribution in [0.25, 0.3) is 0 Å². The molecule has 1 atom stereocenters. The van der Waals surface area contributed by atoms with Gasteiger partial charge in [-0.25, -0.2) is 14.8 Å². The van der Waals surface area contributed by atoms with Crippen molar-refractivity contribution >= 4 is 17.5 Å². The monoisotopic (exact) mass is 179 g/mol. The number of carbonyl (C=O) groups is 1. The van der Waals surface area contributed by atoms with E-state index >= 15 is 0 Å². The highest BCUT2D eigenvalue weighted by Gasteiger charge is 2.30. The molecule has 0 aromatic carbocycles. The van der Waals surface area contributed by atoms with Crippen LogP contribution < -0.4 is 5.73 Å². The first kappa shape index (κ1) is 7.59. The fraction of sp³-hybridized carbons (Fsp3) is 0.167. The first-order chi connectivity index (χ1) is 6.20. The van der Waals surface area contributed by atoms with E-state index in [2.05, 4.69) is 20.2 Å². The highest BCUT2D eigenvalue weighted by molar-refractivity contribution is 5.80. The van der Waals surface area contributed by atoms with Crippen molar-refractivity contribution < 1.29 is 9.90 Å². The number of hydrogen-bond donors (Lipinski definition) is 2. The molecule has 0 bridgehead atoms. The molecule has 0 saturated carbocycles. The van der Waals surface area contributed by atoms with Gasteiger partial charge in [0.05, 0.1) is 0 Å². The number of aliphatic carboxylic acids is 1. The summed E-state index contributed by atoms with van der Waals surface area (Å²) in [5.74, 6) is -0.946. The van der Waals surface area contributed by atoms with Gasteiger partial charge in [0.1, 0.15) is 12.0 Å². The third kappa shape index (κ3) is 1.01. The molecule has 0 unspecified atom stereocenters. The molecule has 0 spiro atoms. The summed E-state index contributed by atoms with van der Waals surface area (Å²) >= 11 is 0. The molecule has 3 N–H and O–H groups in total. The molecule has 0 radical (unpaired) electrons. The fourth-order valence-electron chi connectivity index (χ4n) is 1.05. The van der Waals surface area contributed by atoms with E-state index in [-0.39, 0.29) is 17.2 Å². The number of carboxylic acid groups (broad SMARTS) is 1. The van der Waals surface area contributed by atoms with Gasteiger partial charge in [0.15, 0.2) is 11.5 Å². The maximum Gasteiger partial charge on any atom is 0.336 e.